The van der Waals surface area contributed by atoms with Crippen molar-refractivity contribution in [2.24, 2.45) is 4.99 Å². The van der Waals surface area contributed by atoms with Crippen LogP contribution in [0.5, 0.6) is 11.5 Å². The van der Waals surface area contributed by atoms with E-state index in [2.05, 4.69) is 15.9 Å². The van der Waals surface area contributed by atoms with Gasteiger partial charge in [-0.2, -0.15) is 0 Å². The van der Waals surface area contributed by atoms with Gasteiger partial charge in [-0.1, -0.05) is 69.2 Å². The van der Waals surface area contributed by atoms with E-state index in [0.29, 0.717) is 55.0 Å². The first-order valence-corrected chi connectivity index (χ1v) is 14.7. The number of aromatic nitrogens is 1. The summed E-state index contributed by atoms with van der Waals surface area (Å²) >= 11 is 10.8. The second kappa shape index (κ2) is 11.2. The number of nitrogens with zero attached hydrogens (tertiary/aromatic N) is 3. The van der Waals surface area contributed by atoms with Gasteiger partial charge >= 0.3 is 0 Å². The molecule has 5 rings (SSSR count). The number of thiazole rings is 1. The molecule has 40 heavy (non-hydrogen) atoms. The molecule has 1 atom stereocenters. The van der Waals surface area contributed by atoms with Crippen molar-refractivity contribution in [2.45, 2.75) is 26.8 Å². The molecule has 0 saturated heterocycles. The van der Waals surface area contributed by atoms with Gasteiger partial charge in [0, 0.05) is 28.7 Å². The molecule has 1 aliphatic rings. The molecule has 0 spiro atoms. The van der Waals surface area contributed by atoms with Crippen molar-refractivity contribution in [2.75, 3.05) is 20.2 Å². The maximum absolute atomic E-state index is 14.2. The molecule has 1 N–H and O–H groups in total. The zero-order valence-electron chi connectivity index (χ0n) is 22.4. The molecule has 2 heterocycles. The van der Waals surface area contributed by atoms with E-state index in [9.17, 15) is 14.7 Å². The maximum Gasteiger partial charge on any atom is 0.271 e. The van der Waals surface area contributed by atoms with Crippen LogP contribution < -0.4 is 19.6 Å². The van der Waals surface area contributed by atoms with E-state index in [0.717, 1.165) is 10.8 Å². The van der Waals surface area contributed by atoms with Gasteiger partial charge in [-0.05, 0) is 55.8 Å². The summed E-state index contributed by atoms with van der Waals surface area (Å²) in [7, 11) is 1.58. The molecule has 1 aliphatic heterocycles. The summed E-state index contributed by atoms with van der Waals surface area (Å²) < 4.78 is 8.41. The van der Waals surface area contributed by atoms with Gasteiger partial charge in [0.15, 0.2) is 4.80 Å². The summed E-state index contributed by atoms with van der Waals surface area (Å²) in [4.78, 5) is 35.1. The van der Waals surface area contributed by atoms with Crippen molar-refractivity contribution >= 4 is 61.6 Å². The number of ether oxygens (including phenoxy) is 1. The predicted octanol–water partition coefficient (Wildman–Crippen LogP) is 5.39. The van der Waals surface area contributed by atoms with Crippen molar-refractivity contribution in [3.8, 4) is 11.5 Å². The summed E-state index contributed by atoms with van der Waals surface area (Å²) in [5, 5.41) is 12.6. The Morgan fingerprint density at radius 3 is 2.65 bits per heavy atom. The Balaban J connectivity index is 1.87. The normalized spacial score (nSPS) is 15.2. The van der Waals surface area contributed by atoms with E-state index in [1.54, 1.807) is 41.7 Å². The third-order valence-electron chi connectivity index (χ3n) is 7.07. The van der Waals surface area contributed by atoms with Gasteiger partial charge in [0.25, 0.3) is 11.5 Å². The van der Waals surface area contributed by atoms with Gasteiger partial charge in [-0.3, -0.25) is 14.2 Å². The third-order valence-corrected chi connectivity index (χ3v) is 8.80. The average molecular weight is 641 g/mol. The molecule has 7 nitrogen and oxygen atoms in total. The topological polar surface area (TPSA) is 84.1 Å². The van der Waals surface area contributed by atoms with Crippen LogP contribution in [0.2, 0.25) is 5.02 Å². The minimum absolute atomic E-state index is 0.128. The Morgan fingerprint density at radius 1 is 1.23 bits per heavy atom. The highest BCUT2D eigenvalue weighted by Gasteiger charge is 2.36. The predicted molar refractivity (Wildman–Crippen MR) is 163 cm³/mol. The number of allylic oxidation sites excluding steroid dienone is 1. The number of aromatic hydroxyl groups is 1. The number of rotatable bonds is 6. The smallest absolute Gasteiger partial charge is 0.271 e. The van der Waals surface area contributed by atoms with Crippen LogP contribution in [0.3, 0.4) is 0 Å². The lowest BCUT2D eigenvalue weighted by Gasteiger charge is -2.30. The van der Waals surface area contributed by atoms with Gasteiger partial charge < -0.3 is 14.7 Å². The number of likely N-dealkylation sites (N-methyl/N-ethyl adjacent to an activating group) is 1. The Kier molecular flexibility index (Phi) is 7.90. The molecule has 1 aromatic heterocycles. The molecule has 0 bridgehead atoms. The van der Waals surface area contributed by atoms with E-state index in [1.165, 1.54) is 11.3 Å². The number of halogens is 2. The highest BCUT2D eigenvalue weighted by Crippen LogP contribution is 2.40. The molecule has 10 heteroatoms. The first kappa shape index (κ1) is 28.1. The second-order valence-corrected chi connectivity index (χ2v) is 11.6. The van der Waals surface area contributed by atoms with E-state index in [-0.39, 0.29) is 22.2 Å². The number of carbonyl (C=O) groups is 1. The van der Waals surface area contributed by atoms with Crippen LogP contribution in [0.25, 0.3) is 16.8 Å². The number of carbonyl (C=O) groups excluding carboxylic acids is 1. The van der Waals surface area contributed by atoms with E-state index < -0.39 is 6.04 Å². The molecule has 206 valence electrons. The van der Waals surface area contributed by atoms with Crippen molar-refractivity contribution in [1.29, 1.82) is 0 Å². The van der Waals surface area contributed by atoms with Crippen molar-refractivity contribution < 1.29 is 14.6 Å². The van der Waals surface area contributed by atoms with Gasteiger partial charge in [0.05, 0.1) is 27.9 Å². The zero-order chi connectivity index (χ0) is 28.7. The quantitative estimate of drug-likeness (QED) is 0.307. The molecular weight excluding hydrogens is 614 g/mol. The summed E-state index contributed by atoms with van der Waals surface area (Å²) in [6.45, 7) is 6.68. The molecule has 1 amide bonds. The summed E-state index contributed by atoms with van der Waals surface area (Å²) in [5.41, 5.74) is 1.73. The van der Waals surface area contributed by atoms with E-state index in [1.807, 2.05) is 50.2 Å². The molecule has 4 aromatic rings. The van der Waals surface area contributed by atoms with Crippen molar-refractivity contribution in [3.05, 3.63) is 100 Å². The second-order valence-electron chi connectivity index (χ2n) is 9.29. The highest BCUT2D eigenvalue weighted by molar-refractivity contribution is 9.10. The average Bonchev–Trinajstić information content (AvgIpc) is 3.24. The SMILES string of the molecule is CCN(CC)C(=O)C1=C(C)N=c2s/c(=C/c3cc(Br)cc(Cl)c3O)c(=O)n2[C@H]1c1c(OC)ccc2ccccc12. The van der Waals surface area contributed by atoms with Crippen LogP contribution in [0.15, 0.2) is 74.1 Å². The van der Waals surface area contributed by atoms with Crippen molar-refractivity contribution in [3.63, 3.8) is 0 Å². The fraction of sp³-hybridized carbons (Fsp3) is 0.233. The Labute approximate surface area is 248 Å². The van der Waals surface area contributed by atoms with Crippen LogP contribution in [0.1, 0.15) is 37.9 Å². The van der Waals surface area contributed by atoms with E-state index >= 15 is 0 Å². The minimum Gasteiger partial charge on any atom is -0.506 e. The minimum atomic E-state index is -0.785. The highest BCUT2D eigenvalue weighted by atomic mass is 79.9. The Morgan fingerprint density at radius 2 is 1.95 bits per heavy atom. The standard InChI is InChI=1S/C30H27BrClN3O4S/c1-5-34(6-2)29(38)24-16(3)33-30-35(26(24)25-20-10-8-7-9-17(20)11-12-22(25)39-4)28(37)23(40-30)14-18-13-19(31)15-21(32)27(18)36/h7-15,26,36H,5-6H2,1-4H3/b23-14+/t26-/m1/s1. The number of phenolic OH excluding ortho intramolecular Hbond substituents is 1. The number of hydrogen-bond acceptors (Lipinski definition) is 6. The fourth-order valence-electron chi connectivity index (χ4n) is 5.12. The first-order valence-electron chi connectivity index (χ1n) is 12.8. The van der Waals surface area contributed by atoms with Crippen LogP contribution in [-0.2, 0) is 4.79 Å². The van der Waals surface area contributed by atoms with Crippen LogP contribution in [0, 0.1) is 0 Å². The number of methoxy groups -OCH3 is 1. The van der Waals surface area contributed by atoms with E-state index in [4.69, 9.17) is 21.3 Å². The summed E-state index contributed by atoms with van der Waals surface area (Å²) in [6.07, 6.45) is 1.60. The number of benzene rings is 3. The summed E-state index contributed by atoms with van der Waals surface area (Å²) in [6, 6.07) is 14.1. The van der Waals surface area contributed by atoms with Gasteiger partial charge in [-0.25, -0.2) is 4.99 Å². The number of fused-ring (bicyclic) bond motifs is 2. The molecule has 0 saturated carbocycles. The lowest BCUT2D eigenvalue weighted by Crippen LogP contribution is -2.43. The third kappa shape index (κ3) is 4.76. The summed E-state index contributed by atoms with van der Waals surface area (Å²) in [5.74, 6) is 0.253. The zero-order valence-corrected chi connectivity index (χ0v) is 25.5. The van der Waals surface area contributed by atoms with Gasteiger partial charge in [0.1, 0.15) is 17.5 Å². The van der Waals surface area contributed by atoms with Gasteiger partial charge in [0.2, 0.25) is 0 Å². The molecule has 0 fully saturated rings. The Hall–Kier alpha value is -3.40. The van der Waals surface area contributed by atoms with Gasteiger partial charge in [-0.15, -0.1) is 0 Å². The fourth-order valence-corrected chi connectivity index (χ4v) is 6.99. The number of hydrogen-bond donors (Lipinski definition) is 1. The van der Waals surface area contributed by atoms with Crippen LogP contribution in [-0.4, -0.2) is 40.7 Å². The number of amides is 1. The monoisotopic (exact) mass is 639 g/mol. The maximum atomic E-state index is 14.2. The molecule has 3 aromatic carbocycles. The Bertz CT molecular complexity index is 1870. The number of phenols is 1. The van der Waals surface area contributed by atoms with Crippen LogP contribution in [0.4, 0.5) is 0 Å². The molecule has 0 unspecified atom stereocenters. The van der Waals surface area contributed by atoms with Crippen LogP contribution >= 0.6 is 38.9 Å². The molecular formula is C30H27BrClN3O4S. The molecule has 0 aliphatic carbocycles. The lowest BCUT2D eigenvalue weighted by atomic mass is 9.90. The largest absolute Gasteiger partial charge is 0.506 e. The van der Waals surface area contributed by atoms with Crippen molar-refractivity contribution in [1.82, 2.24) is 9.47 Å². The molecule has 0 radical (unpaired) electrons. The lowest BCUT2D eigenvalue weighted by molar-refractivity contribution is -0.127. The first-order chi connectivity index (χ1) is 19.2.